The zero-order valence-electron chi connectivity index (χ0n) is 27.0. The number of nitrogens with zero attached hydrogens (tertiary/aromatic N) is 4. The first-order chi connectivity index (χ1) is 23.0. The van der Waals surface area contributed by atoms with Crippen molar-refractivity contribution in [3.05, 3.63) is 126 Å². The van der Waals surface area contributed by atoms with E-state index in [9.17, 15) is 5.26 Å². The van der Waals surface area contributed by atoms with Crippen molar-refractivity contribution >= 4 is 10.8 Å². The molecule has 4 nitrogen and oxygen atoms in total. The van der Waals surface area contributed by atoms with Gasteiger partial charge >= 0.3 is 0 Å². The van der Waals surface area contributed by atoms with Gasteiger partial charge in [0.25, 0.3) is 0 Å². The van der Waals surface area contributed by atoms with Gasteiger partial charge in [-0.3, -0.25) is 0 Å². The van der Waals surface area contributed by atoms with Crippen molar-refractivity contribution in [1.82, 2.24) is 15.0 Å². The SMILES string of the molecule is C[C@@H]1CC2C[C@@H](C1)CC(C)(c1ccc(-c3ccc(-c4nc(-c5ccccc5)nc(-c5ccccc5)n4)c4cccc(C#N)c34)cc1)C2. The van der Waals surface area contributed by atoms with Crippen LogP contribution in [-0.4, -0.2) is 15.0 Å². The lowest BCUT2D eigenvalue weighted by Crippen LogP contribution is -2.38. The molecule has 8 rings (SSSR count). The largest absolute Gasteiger partial charge is 0.208 e. The van der Waals surface area contributed by atoms with Crippen LogP contribution in [0, 0.1) is 29.1 Å². The van der Waals surface area contributed by atoms with Crippen LogP contribution in [0.3, 0.4) is 0 Å². The van der Waals surface area contributed by atoms with Gasteiger partial charge in [-0.25, -0.2) is 15.0 Å². The normalized spacial score (nSPS) is 22.1. The Kier molecular flexibility index (Phi) is 7.41. The minimum absolute atomic E-state index is 0.224. The van der Waals surface area contributed by atoms with Crippen LogP contribution in [0.4, 0.5) is 0 Å². The summed E-state index contributed by atoms with van der Waals surface area (Å²) < 4.78 is 0. The molecule has 2 bridgehead atoms. The number of fused-ring (bicyclic) bond motifs is 3. The highest BCUT2D eigenvalue weighted by Gasteiger charge is 2.41. The molecule has 0 saturated heterocycles. The zero-order chi connectivity index (χ0) is 32.0. The number of hydrogen-bond acceptors (Lipinski definition) is 4. The van der Waals surface area contributed by atoms with E-state index in [1.165, 1.54) is 37.7 Å². The molecule has 1 aromatic heterocycles. The maximum Gasteiger partial charge on any atom is 0.164 e. The van der Waals surface area contributed by atoms with Crippen LogP contribution < -0.4 is 0 Å². The molecule has 6 aromatic rings. The van der Waals surface area contributed by atoms with Crippen LogP contribution >= 0.6 is 0 Å². The number of benzene rings is 5. The summed E-state index contributed by atoms with van der Waals surface area (Å²) in [6.45, 7) is 4.92. The second-order valence-corrected chi connectivity index (χ2v) is 14.1. The number of rotatable bonds is 5. The first-order valence-corrected chi connectivity index (χ1v) is 16.9. The monoisotopic (exact) mass is 610 g/mol. The van der Waals surface area contributed by atoms with Gasteiger partial charge in [-0.2, -0.15) is 5.26 Å². The Labute approximate surface area is 277 Å². The molecule has 2 aliphatic carbocycles. The molecule has 0 radical (unpaired) electrons. The highest BCUT2D eigenvalue weighted by molar-refractivity contribution is 6.07. The van der Waals surface area contributed by atoms with Gasteiger partial charge in [0.1, 0.15) is 0 Å². The van der Waals surface area contributed by atoms with Crippen LogP contribution in [0.15, 0.2) is 115 Å². The minimum Gasteiger partial charge on any atom is -0.208 e. The van der Waals surface area contributed by atoms with Gasteiger partial charge in [-0.15, -0.1) is 0 Å². The molecule has 4 heteroatoms. The third kappa shape index (κ3) is 5.51. The van der Waals surface area contributed by atoms with E-state index in [1.54, 1.807) is 0 Å². The third-order valence-corrected chi connectivity index (χ3v) is 10.6. The van der Waals surface area contributed by atoms with Gasteiger partial charge in [0.15, 0.2) is 17.5 Å². The fraction of sp³-hybridized carbons (Fsp3) is 0.256. The minimum atomic E-state index is 0.224. The molecule has 2 saturated carbocycles. The van der Waals surface area contributed by atoms with Crippen LogP contribution in [0.1, 0.15) is 57.1 Å². The summed E-state index contributed by atoms with van der Waals surface area (Å²) >= 11 is 0. The highest BCUT2D eigenvalue weighted by Crippen LogP contribution is 2.51. The topological polar surface area (TPSA) is 62.5 Å². The molecular formula is C43H38N4. The summed E-state index contributed by atoms with van der Waals surface area (Å²) in [5.41, 5.74) is 7.21. The van der Waals surface area contributed by atoms with Crippen LogP contribution in [-0.2, 0) is 5.41 Å². The Morgan fingerprint density at radius 2 is 1.17 bits per heavy atom. The lowest BCUT2D eigenvalue weighted by atomic mass is 9.57. The smallest absolute Gasteiger partial charge is 0.164 e. The van der Waals surface area contributed by atoms with Crippen molar-refractivity contribution in [3.8, 4) is 51.4 Å². The Morgan fingerprint density at radius 1 is 0.596 bits per heavy atom. The zero-order valence-corrected chi connectivity index (χ0v) is 27.0. The van der Waals surface area contributed by atoms with Gasteiger partial charge < -0.3 is 0 Å². The summed E-state index contributed by atoms with van der Waals surface area (Å²) in [5.74, 6) is 4.38. The van der Waals surface area contributed by atoms with Crippen molar-refractivity contribution in [3.63, 3.8) is 0 Å². The van der Waals surface area contributed by atoms with Crippen LogP contribution in [0.25, 0.3) is 56.1 Å². The molecule has 0 spiro atoms. The Morgan fingerprint density at radius 3 is 1.77 bits per heavy atom. The van der Waals surface area contributed by atoms with Crippen molar-refractivity contribution in [2.24, 2.45) is 17.8 Å². The fourth-order valence-corrected chi connectivity index (χ4v) is 8.74. The van der Waals surface area contributed by atoms with E-state index in [1.807, 2.05) is 72.8 Å². The Hall–Kier alpha value is -5.14. The number of hydrogen-bond donors (Lipinski definition) is 0. The summed E-state index contributed by atoms with van der Waals surface area (Å²) in [6.07, 6.45) is 6.73. The van der Waals surface area contributed by atoms with E-state index in [0.29, 0.717) is 23.0 Å². The van der Waals surface area contributed by atoms with Gasteiger partial charge in [-0.05, 0) is 89.5 Å². The standard InChI is InChI=1S/C43H38N4/c1-28-22-29-24-30(23-28)26-43(2,25-29)35-18-16-31(17-19-35)36-20-21-38(37-15-9-14-34(27-44)39(36)37)42-46-40(32-10-5-3-6-11-32)45-41(47-42)33-12-7-4-8-13-33/h3-21,28-30H,22-26H2,1-2H3/t28-,29+,30?,43?/m0/s1. The van der Waals surface area contributed by atoms with E-state index in [2.05, 4.69) is 62.4 Å². The molecule has 0 aliphatic heterocycles. The van der Waals surface area contributed by atoms with Gasteiger partial charge in [0.2, 0.25) is 0 Å². The van der Waals surface area contributed by atoms with Gasteiger partial charge in [0, 0.05) is 22.1 Å². The van der Waals surface area contributed by atoms with E-state index in [4.69, 9.17) is 15.0 Å². The van der Waals surface area contributed by atoms with E-state index >= 15 is 0 Å². The molecule has 1 heterocycles. The predicted molar refractivity (Wildman–Crippen MR) is 190 cm³/mol. The second kappa shape index (κ2) is 11.9. The van der Waals surface area contributed by atoms with Crippen LogP contribution in [0.5, 0.6) is 0 Å². The highest BCUT2D eigenvalue weighted by atomic mass is 15.0. The quantitative estimate of drug-likeness (QED) is 0.195. The summed E-state index contributed by atoms with van der Waals surface area (Å²) in [5, 5.41) is 12.2. The number of nitriles is 1. The molecule has 2 unspecified atom stereocenters. The number of aromatic nitrogens is 3. The lowest BCUT2D eigenvalue weighted by Gasteiger charge is -2.47. The van der Waals surface area contributed by atoms with Gasteiger partial charge in [-0.1, -0.05) is 117 Å². The molecule has 47 heavy (non-hydrogen) atoms. The average Bonchev–Trinajstić information content (AvgIpc) is 3.11. The molecule has 2 fully saturated rings. The summed E-state index contributed by atoms with van der Waals surface area (Å²) in [6, 6.07) is 41.9. The molecule has 4 atom stereocenters. The van der Waals surface area contributed by atoms with E-state index in [-0.39, 0.29) is 5.41 Å². The van der Waals surface area contributed by atoms with Gasteiger partial charge in [0.05, 0.1) is 11.6 Å². The van der Waals surface area contributed by atoms with Crippen molar-refractivity contribution in [2.75, 3.05) is 0 Å². The summed E-state index contributed by atoms with van der Waals surface area (Å²) in [7, 11) is 0. The van der Waals surface area contributed by atoms with Crippen LogP contribution in [0.2, 0.25) is 0 Å². The molecule has 230 valence electrons. The Bertz CT molecular complexity index is 2040. The lowest BCUT2D eigenvalue weighted by molar-refractivity contribution is 0.0899. The third-order valence-electron chi connectivity index (χ3n) is 10.6. The molecule has 2 aliphatic rings. The van der Waals surface area contributed by atoms with Crippen molar-refractivity contribution in [1.29, 1.82) is 5.26 Å². The predicted octanol–water partition coefficient (Wildman–Crippen LogP) is 10.7. The molecular weight excluding hydrogens is 573 g/mol. The molecule has 0 N–H and O–H groups in total. The van der Waals surface area contributed by atoms with Crippen molar-refractivity contribution < 1.29 is 0 Å². The maximum atomic E-state index is 10.3. The summed E-state index contributed by atoms with van der Waals surface area (Å²) in [4.78, 5) is 14.9. The first-order valence-electron chi connectivity index (χ1n) is 16.9. The average molecular weight is 611 g/mol. The van der Waals surface area contributed by atoms with E-state index in [0.717, 1.165) is 56.3 Å². The molecule has 5 aromatic carbocycles. The van der Waals surface area contributed by atoms with Crippen molar-refractivity contribution in [2.45, 2.75) is 51.4 Å². The fourth-order valence-electron chi connectivity index (χ4n) is 8.74. The first kappa shape index (κ1) is 29.3. The maximum absolute atomic E-state index is 10.3. The second-order valence-electron chi connectivity index (χ2n) is 14.1. The molecule has 0 amide bonds. The van der Waals surface area contributed by atoms with E-state index < -0.39 is 0 Å². The Balaban J connectivity index is 1.23.